The predicted octanol–water partition coefficient (Wildman–Crippen LogP) is 7.27. The molecule has 0 radical (unpaired) electrons. The highest BCUT2D eigenvalue weighted by Crippen LogP contribution is 2.22. The van der Waals surface area contributed by atoms with E-state index in [1.165, 1.54) is 50.5 Å². The van der Waals surface area contributed by atoms with Gasteiger partial charge in [-0.15, -0.1) is 0 Å². The van der Waals surface area contributed by atoms with Crippen molar-refractivity contribution in [2.75, 3.05) is 0 Å². The van der Waals surface area contributed by atoms with E-state index < -0.39 is 0 Å². The molecule has 0 aliphatic rings. The third-order valence-corrected chi connectivity index (χ3v) is 5.83. The van der Waals surface area contributed by atoms with Gasteiger partial charge < -0.3 is 4.74 Å². The zero-order chi connectivity index (χ0) is 22.5. The Kier molecular flexibility index (Phi) is 11.3. The predicted molar refractivity (Wildman–Crippen MR) is 128 cm³/mol. The van der Waals surface area contributed by atoms with Crippen LogP contribution >= 0.6 is 0 Å². The lowest BCUT2D eigenvalue weighted by molar-refractivity contribution is -0.150. The molecule has 0 saturated carbocycles. The molecule has 31 heavy (non-hydrogen) atoms. The molecule has 0 N–H and O–H groups in total. The maximum atomic E-state index is 12.5. The standard InChI is InChI=1S/C27H40N2O2/c1-5-7-9-11-13-21(3)31-27(30)22(4)24-15-17-25(18-16-24)26-28-19-23(20-29-26)14-12-10-8-6-2/h15-22H,5-14H2,1-4H3/t21?,22-/m1/s1. The molecule has 0 aliphatic heterocycles. The van der Waals surface area contributed by atoms with Crippen molar-refractivity contribution in [1.82, 2.24) is 9.97 Å². The van der Waals surface area contributed by atoms with Crippen molar-refractivity contribution in [1.29, 1.82) is 0 Å². The van der Waals surface area contributed by atoms with Crippen molar-refractivity contribution < 1.29 is 9.53 Å². The van der Waals surface area contributed by atoms with Crippen LogP contribution in [0.15, 0.2) is 36.7 Å². The van der Waals surface area contributed by atoms with E-state index in [1.54, 1.807) is 0 Å². The minimum atomic E-state index is -0.279. The van der Waals surface area contributed by atoms with Gasteiger partial charge >= 0.3 is 5.97 Å². The topological polar surface area (TPSA) is 52.1 Å². The van der Waals surface area contributed by atoms with Crippen LogP contribution in [0.25, 0.3) is 11.4 Å². The van der Waals surface area contributed by atoms with Gasteiger partial charge in [-0.2, -0.15) is 0 Å². The van der Waals surface area contributed by atoms with E-state index in [0.717, 1.165) is 36.2 Å². The van der Waals surface area contributed by atoms with Gasteiger partial charge in [0.1, 0.15) is 0 Å². The van der Waals surface area contributed by atoms with Crippen LogP contribution in [0.4, 0.5) is 0 Å². The number of carbonyl (C=O) groups excluding carboxylic acids is 1. The van der Waals surface area contributed by atoms with Crippen molar-refractivity contribution in [3.8, 4) is 11.4 Å². The summed E-state index contributed by atoms with van der Waals surface area (Å²) in [6.45, 7) is 8.32. The summed E-state index contributed by atoms with van der Waals surface area (Å²) < 4.78 is 5.66. The molecule has 2 rings (SSSR count). The zero-order valence-corrected chi connectivity index (χ0v) is 19.9. The van der Waals surface area contributed by atoms with E-state index in [1.807, 2.05) is 50.5 Å². The molecule has 1 unspecified atom stereocenters. The number of aromatic nitrogens is 2. The van der Waals surface area contributed by atoms with Crippen LogP contribution in [0.2, 0.25) is 0 Å². The summed E-state index contributed by atoms with van der Waals surface area (Å²) in [6, 6.07) is 7.94. The number of nitrogens with zero attached hydrogens (tertiary/aromatic N) is 2. The third-order valence-electron chi connectivity index (χ3n) is 5.83. The highest BCUT2D eigenvalue weighted by Gasteiger charge is 2.19. The average molecular weight is 425 g/mol. The average Bonchev–Trinajstić information content (AvgIpc) is 2.79. The number of hydrogen-bond donors (Lipinski definition) is 0. The molecule has 0 spiro atoms. The summed E-state index contributed by atoms with van der Waals surface area (Å²) in [5, 5.41) is 0. The zero-order valence-electron chi connectivity index (χ0n) is 19.9. The third kappa shape index (κ3) is 8.80. The van der Waals surface area contributed by atoms with E-state index in [0.29, 0.717) is 0 Å². The first kappa shape index (κ1) is 25.0. The number of esters is 1. The normalized spacial score (nSPS) is 13.0. The molecular formula is C27H40N2O2. The highest BCUT2D eigenvalue weighted by atomic mass is 16.5. The van der Waals surface area contributed by atoms with Crippen LogP contribution in [0.3, 0.4) is 0 Å². The molecular weight excluding hydrogens is 384 g/mol. The number of benzene rings is 1. The summed E-state index contributed by atoms with van der Waals surface area (Å²) >= 11 is 0. The molecule has 4 nitrogen and oxygen atoms in total. The lowest BCUT2D eigenvalue weighted by Crippen LogP contribution is -2.19. The van der Waals surface area contributed by atoms with Gasteiger partial charge in [-0.05, 0) is 50.7 Å². The van der Waals surface area contributed by atoms with Crippen molar-refractivity contribution in [3.05, 3.63) is 47.8 Å². The first-order valence-electron chi connectivity index (χ1n) is 12.2. The van der Waals surface area contributed by atoms with Crippen molar-refractivity contribution in [3.63, 3.8) is 0 Å². The number of carbonyl (C=O) groups is 1. The fourth-order valence-corrected chi connectivity index (χ4v) is 3.66. The molecule has 170 valence electrons. The van der Waals surface area contributed by atoms with Gasteiger partial charge in [-0.25, -0.2) is 9.97 Å². The Hall–Kier alpha value is -2.23. The van der Waals surface area contributed by atoms with Crippen molar-refractivity contribution >= 4 is 5.97 Å². The molecule has 0 aliphatic carbocycles. The van der Waals surface area contributed by atoms with Gasteiger partial charge in [-0.1, -0.05) is 76.6 Å². The van der Waals surface area contributed by atoms with Crippen LogP contribution in [0.1, 0.15) is 103 Å². The molecule has 0 bridgehead atoms. The van der Waals surface area contributed by atoms with Gasteiger partial charge in [0.05, 0.1) is 12.0 Å². The molecule has 0 fully saturated rings. The van der Waals surface area contributed by atoms with Gasteiger partial charge in [-0.3, -0.25) is 4.79 Å². The molecule has 0 saturated heterocycles. The van der Waals surface area contributed by atoms with E-state index in [2.05, 4.69) is 23.8 Å². The molecule has 0 amide bonds. The fourth-order valence-electron chi connectivity index (χ4n) is 3.66. The number of ether oxygens (including phenoxy) is 1. The van der Waals surface area contributed by atoms with Gasteiger partial charge in [0.2, 0.25) is 0 Å². The van der Waals surface area contributed by atoms with Gasteiger partial charge in [0.15, 0.2) is 5.82 Å². The van der Waals surface area contributed by atoms with Crippen molar-refractivity contribution in [2.45, 2.75) is 104 Å². The Morgan fingerprint density at radius 3 is 2.10 bits per heavy atom. The summed E-state index contributed by atoms with van der Waals surface area (Å²) in [6.07, 6.45) is 15.6. The number of aryl methyl sites for hydroxylation is 1. The van der Waals surface area contributed by atoms with E-state index >= 15 is 0 Å². The van der Waals surface area contributed by atoms with E-state index in [4.69, 9.17) is 4.74 Å². The van der Waals surface area contributed by atoms with Gasteiger partial charge in [0, 0.05) is 18.0 Å². The number of unbranched alkanes of at least 4 members (excludes halogenated alkanes) is 6. The monoisotopic (exact) mass is 424 g/mol. The Morgan fingerprint density at radius 2 is 1.48 bits per heavy atom. The number of hydrogen-bond acceptors (Lipinski definition) is 4. The second kappa shape index (κ2) is 14.0. The van der Waals surface area contributed by atoms with Crippen LogP contribution in [0, 0.1) is 0 Å². The van der Waals surface area contributed by atoms with E-state index in [9.17, 15) is 4.79 Å². The molecule has 4 heteroatoms. The van der Waals surface area contributed by atoms with E-state index in [-0.39, 0.29) is 18.0 Å². The Labute approximate surface area is 188 Å². The second-order valence-corrected chi connectivity index (χ2v) is 8.67. The largest absolute Gasteiger partial charge is 0.462 e. The molecule has 2 atom stereocenters. The maximum Gasteiger partial charge on any atom is 0.313 e. The lowest BCUT2D eigenvalue weighted by Gasteiger charge is -2.17. The second-order valence-electron chi connectivity index (χ2n) is 8.67. The fraction of sp³-hybridized carbons (Fsp3) is 0.593. The molecule has 1 heterocycles. The maximum absolute atomic E-state index is 12.5. The summed E-state index contributed by atoms with van der Waals surface area (Å²) in [5.41, 5.74) is 3.11. The molecule has 1 aromatic heterocycles. The Balaban J connectivity index is 1.86. The summed E-state index contributed by atoms with van der Waals surface area (Å²) in [4.78, 5) is 21.6. The number of rotatable bonds is 14. The van der Waals surface area contributed by atoms with Crippen LogP contribution in [-0.4, -0.2) is 22.0 Å². The minimum Gasteiger partial charge on any atom is -0.462 e. The summed E-state index contributed by atoms with van der Waals surface area (Å²) in [5.74, 6) is 0.290. The Bertz CT molecular complexity index is 756. The minimum absolute atomic E-state index is 0.0278. The molecule has 1 aromatic carbocycles. The first-order valence-corrected chi connectivity index (χ1v) is 12.2. The summed E-state index contributed by atoms with van der Waals surface area (Å²) in [7, 11) is 0. The molecule has 2 aromatic rings. The van der Waals surface area contributed by atoms with Crippen LogP contribution < -0.4 is 0 Å². The SMILES string of the molecule is CCCCCCc1cnc(-c2ccc([C@@H](C)C(=O)OC(C)CCCCCC)cc2)nc1. The van der Waals surface area contributed by atoms with Crippen LogP contribution in [-0.2, 0) is 16.0 Å². The quantitative estimate of drug-likeness (QED) is 0.236. The first-order chi connectivity index (χ1) is 15.0. The lowest BCUT2D eigenvalue weighted by atomic mass is 9.99. The Morgan fingerprint density at radius 1 is 0.871 bits per heavy atom. The smallest absolute Gasteiger partial charge is 0.313 e. The van der Waals surface area contributed by atoms with Crippen molar-refractivity contribution in [2.24, 2.45) is 0 Å². The highest BCUT2D eigenvalue weighted by molar-refractivity contribution is 5.78. The van der Waals surface area contributed by atoms with Gasteiger partial charge in [0.25, 0.3) is 0 Å². The van der Waals surface area contributed by atoms with Crippen LogP contribution in [0.5, 0.6) is 0 Å².